The van der Waals surface area contributed by atoms with E-state index in [4.69, 9.17) is 9.47 Å². The van der Waals surface area contributed by atoms with E-state index in [-0.39, 0.29) is 11.2 Å². The van der Waals surface area contributed by atoms with E-state index in [0.717, 1.165) is 44.5 Å². The van der Waals surface area contributed by atoms with Gasteiger partial charge in [0.1, 0.15) is 0 Å². The molecule has 2 aliphatic carbocycles. The highest BCUT2D eigenvalue weighted by molar-refractivity contribution is 5.33. The molecule has 3 rings (SSSR count). The highest BCUT2D eigenvalue weighted by Crippen LogP contribution is 2.59. The Kier molecular flexibility index (Phi) is 2.76. The second kappa shape index (κ2) is 4.08. The molecule has 0 aromatic rings. The molecule has 0 N–H and O–H groups in total. The molecule has 18 heavy (non-hydrogen) atoms. The molecule has 0 bridgehead atoms. The monoisotopic (exact) mass is 247 g/mol. The lowest BCUT2D eigenvalue weighted by molar-refractivity contribution is -0.267. The van der Waals surface area contributed by atoms with Gasteiger partial charge in [-0.15, -0.1) is 0 Å². The number of fused-ring (bicyclic) bond motifs is 2. The average molecular weight is 247 g/mol. The first-order chi connectivity index (χ1) is 8.63. The van der Waals surface area contributed by atoms with Crippen molar-refractivity contribution < 1.29 is 9.47 Å². The van der Waals surface area contributed by atoms with Crippen molar-refractivity contribution in [1.82, 2.24) is 0 Å². The Morgan fingerprint density at radius 2 is 2.00 bits per heavy atom. The SMILES string of the molecule is CC1=C(C#N)CC[C@]2(C)[C@H]1CCCC21OCCO1. The van der Waals surface area contributed by atoms with Crippen LogP contribution in [0.4, 0.5) is 0 Å². The van der Waals surface area contributed by atoms with Crippen LogP contribution < -0.4 is 0 Å². The molecule has 1 spiro atoms. The van der Waals surface area contributed by atoms with E-state index in [0.29, 0.717) is 5.92 Å². The van der Waals surface area contributed by atoms with Crippen LogP contribution >= 0.6 is 0 Å². The summed E-state index contributed by atoms with van der Waals surface area (Å²) in [5.41, 5.74) is 2.32. The van der Waals surface area contributed by atoms with Crippen molar-refractivity contribution in [1.29, 1.82) is 5.26 Å². The molecule has 3 aliphatic rings. The number of hydrogen-bond donors (Lipinski definition) is 0. The van der Waals surface area contributed by atoms with Gasteiger partial charge in [0.15, 0.2) is 5.79 Å². The van der Waals surface area contributed by atoms with E-state index in [2.05, 4.69) is 19.9 Å². The third-order valence-corrected chi connectivity index (χ3v) is 5.42. The molecule has 2 atom stereocenters. The second-order valence-corrected chi connectivity index (χ2v) is 6.09. The zero-order chi connectivity index (χ0) is 12.8. The summed E-state index contributed by atoms with van der Waals surface area (Å²) >= 11 is 0. The summed E-state index contributed by atoms with van der Waals surface area (Å²) in [6.07, 6.45) is 5.20. The smallest absolute Gasteiger partial charge is 0.174 e. The van der Waals surface area contributed by atoms with Crippen LogP contribution in [0.25, 0.3) is 0 Å². The van der Waals surface area contributed by atoms with Crippen molar-refractivity contribution in [2.45, 2.75) is 51.7 Å². The molecule has 1 heterocycles. The fraction of sp³-hybridized carbons (Fsp3) is 0.800. The van der Waals surface area contributed by atoms with Crippen LogP contribution in [-0.4, -0.2) is 19.0 Å². The largest absolute Gasteiger partial charge is 0.347 e. The average Bonchev–Trinajstić information content (AvgIpc) is 2.83. The second-order valence-electron chi connectivity index (χ2n) is 6.09. The Balaban J connectivity index is 2.03. The van der Waals surface area contributed by atoms with Gasteiger partial charge in [-0.1, -0.05) is 12.5 Å². The van der Waals surface area contributed by atoms with E-state index in [9.17, 15) is 5.26 Å². The topological polar surface area (TPSA) is 42.2 Å². The number of ether oxygens (including phenoxy) is 2. The Hall–Kier alpha value is -0.850. The summed E-state index contributed by atoms with van der Waals surface area (Å²) in [5.74, 6) is 0.0748. The molecular weight excluding hydrogens is 226 g/mol. The van der Waals surface area contributed by atoms with Gasteiger partial charge in [0, 0.05) is 17.4 Å². The summed E-state index contributed by atoms with van der Waals surface area (Å²) < 4.78 is 12.1. The lowest BCUT2D eigenvalue weighted by Gasteiger charge is -2.55. The van der Waals surface area contributed by atoms with E-state index in [1.165, 1.54) is 12.0 Å². The van der Waals surface area contributed by atoms with Crippen LogP contribution in [-0.2, 0) is 9.47 Å². The molecule has 0 amide bonds. The maximum absolute atomic E-state index is 9.22. The minimum Gasteiger partial charge on any atom is -0.347 e. The van der Waals surface area contributed by atoms with Crippen LogP contribution in [0.3, 0.4) is 0 Å². The van der Waals surface area contributed by atoms with Crippen molar-refractivity contribution in [2.24, 2.45) is 11.3 Å². The first-order valence-electron chi connectivity index (χ1n) is 7.01. The maximum atomic E-state index is 9.22. The number of hydrogen-bond acceptors (Lipinski definition) is 3. The van der Waals surface area contributed by atoms with Crippen LogP contribution in [0.2, 0.25) is 0 Å². The van der Waals surface area contributed by atoms with Gasteiger partial charge in [0.05, 0.1) is 19.3 Å². The molecule has 2 fully saturated rings. The fourth-order valence-electron chi connectivity index (χ4n) is 4.33. The van der Waals surface area contributed by atoms with E-state index >= 15 is 0 Å². The summed E-state index contributed by atoms with van der Waals surface area (Å²) in [4.78, 5) is 0. The van der Waals surface area contributed by atoms with Gasteiger partial charge in [-0.3, -0.25) is 0 Å². The minimum absolute atomic E-state index is 0.0478. The lowest BCUT2D eigenvalue weighted by Crippen LogP contribution is -2.56. The highest BCUT2D eigenvalue weighted by Gasteiger charge is 2.59. The van der Waals surface area contributed by atoms with Crippen molar-refractivity contribution >= 4 is 0 Å². The van der Waals surface area contributed by atoms with Crippen molar-refractivity contribution in [3.05, 3.63) is 11.1 Å². The minimum atomic E-state index is -0.377. The van der Waals surface area contributed by atoms with Crippen LogP contribution in [0.1, 0.15) is 46.0 Å². The van der Waals surface area contributed by atoms with Gasteiger partial charge in [-0.05, 0) is 38.5 Å². The van der Waals surface area contributed by atoms with Gasteiger partial charge >= 0.3 is 0 Å². The molecule has 1 saturated carbocycles. The number of nitrogens with zero attached hydrogens (tertiary/aromatic N) is 1. The molecule has 3 heteroatoms. The van der Waals surface area contributed by atoms with Crippen LogP contribution in [0.5, 0.6) is 0 Å². The molecule has 0 unspecified atom stereocenters. The third kappa shape index (κ3) is 1.42. The first kappa shape index (κ1) is 12.2. The quantitative estimate of drug-likeness (QED) is 0.660. The van der Waals surface area contributed by atoms with Crippen LogP contribution in [0, 0.1) is 22.7 Å². The van der Waals surface area contributed by atoms with E-state index in [1.54, 1.807) is 0 Å². The molecule has 0 aromatic carbocycles. The van der Waals surface area contributed by atoms with Gasteiger partial charge in [-0.2, -0.15) is 5.26 Å². The molecular formula is C15H21NO2. The van der Waals surface area contributed by atoms with Gasteiger partial charge < -0.3 is 9.47 Å². The van der Waals surface area contributed by atoms with Gasteiger partial charge in [0.2, 0.25) is 0 Å². The molecule has 98 valence electrons. The summed E-state index contributed by atoms with van der Waals surface area (Å²) in [6, 6.07) is 2.38. The Morgan fingerprint density at radius 1 is 1.28 bits per heavy atom. The fourth-order valence-corrected chi connectivity index (χ4v) is 4.33. The zero-order valence-corrected chi connectivity index (χ0v) is 11.3. The predicted octanol–water partition coefficient (Wildman–Crippen LogP) is 3.17. The summed E-state index contributed by atoms with van der Waals surface area (Å²) in [7, 11) is 0. The van der Waals surface area contributed by atoms with Gasteiger partial charge in [-0.25, -0.2) is 0 Å². The van der Waals surface area contributed by atoms with E-state index < -0.39 is 0 Å². The number of allylic oxidation sites excluding steroid dienone is 2. The summed E-state index contributed by atoms with van der Waals surface area (Å²) in [6.45, 7) is 5.88. The standard InChI is InChI=1S/C15H21NO2/c1-11-12(10-16)5-7-14(2)13(11)4-3-6-15(14)17-8-9-18-15/h13H,3-9H2,1-2H3/t13-,14+/m0/s1. The third-order valence-electron chi connectivity index (χ3n) is 5.42. The van der Waals surface area contributed by atoms with Crippen molar-refractivity contribution in [3.63, 3.8) is 0 Å². The number of nitriles is 1. The zero-order valence-electron chi connectivity index (χ0n) is 11.3. The molecule has 1 saturated heterocycles. The maximum Gasteiger partial charge on any atom is 0.174 e. The van der Waals surface area contributed by atoms with Crippen LogP contribution in [0.15, 0.2) is 11.1 Å². The Labute approximate surface area is 109 Å². The first-order valence-corrected chi connectivity index (χ1v) is 7.01. The molecule has 1 aliphatic heterocycles. The van der Waals surface area contributed by atoms with Crippen molar-refractivity contribution in [3.8, 4) is 6.07 Å². The van der Waals surface area contributed by atoms with E-state index in [1.807, 2.05) is 0 Å². The van der Waals surface area contributed by atoms with Crippen molar-refractivity contribution in [2.75, 3.05) is 13.2 Å². The Morgan fingerprint density at radius 3 is 2.67 bits per heavy atom. The lowest BCUT2D eigenvalue weighted by atomic mass is 9.56. The normalized spacial score (nSPS) is 38.6. The Bertz CT molecular complexity index is 428. The molecule has 0 aromatic heterocycles. The van der Waals surface area contributed by atoms with Gasteiger partial charge in [0.25, 0.3) is 0 Å². The molecule has 0 radical (unpaired) electrons. The number of rotatable bonds is 0. The molecule has 3 nitrogen and oxygen atoms in total. The predicted molar refractivity (Wildman–Crippen MR) is 67.6 cm³/mol. The highest BCUT2D eigenvalue weighted by atomic mass is 16.7. The summed E-state index contributed by atoms with van der Waals surface area (Å²) in [5, 5.41) is 9.22.